The lowest BCUT2D eigenvalue weighted by Gasteiger charge is -2.04. The van der Waals surface area contributed by atoms with Crippen LogP contribution in [0.15, 0.2) is 30.7 Å². The summed E-state index contributed by atoms with van der Waals surface area (Å²) >= 11 is 5.96. The molecule has 0 bridgehead atoms. The molecule has 0 spiro atoms. The minimum absolute atomic E-state index is 0.0200. The van der Waals surface area contributed by atoms with Gasteiger partial charge in [-0.3, -0.25) is 14.8 Å². The second-order valence-electron chi connectivity index (χ2n) is 5.33. The largest absolute Gasteiger partial charge is 0.476 e. The second kappa shape index (κ2) is 6.92. The van der Waals surface area contributed by atoms with Gasteiger partial charge in [-0.2, -0.15) is 5.10 Å². The van der Waals surface area contributed by atoms with Crippen molar-refractivity contribution in [2.75, 3.05) is 5.32 Å². The highest BCUT2D eigenvalue weighted by molar-refractivity contribution is 6.31. The molecular weight excluding hydrogens is 367 g/mol. The van der Waals surface area contributed by atoms with Crippen molar-refractivity contribution < 1.29 is 19.1 Å². The van der Waals surface area contributed by atoms with E-state index in [0.29, 0.717) is 5.56 Å². The van der Waals surface area contributed by atoms with Gasteiger partial charge in [0.1, 0.15) is 12.1 Å². The van der Waals surface area contributed by atoms with E-state index in [4.69, 9.17) is 16.7 Å². The number of nitrogens with one attached hydrogen (secondary N) is 1. The third-order valence-electron chi connectivity index (χ3n) is 3.39. The molecular formula is C15H12ClFN6O3. The first-order valence-electron chi connectivity index (χ1n) is 7.25. The average Bonchev–Trinajstić information content (AvgIpc) is 3.16. The number of amides is 1. The maximum Gasteiger partial charge on any atom is 0.357 e. The minimum atomic E-state index is -1.32. The smallest absolute Gasteiger partial charge is 0.357 e. The standard InChI is InChI=1S/C15H12ClFN6O3/c1-22-6-10(12(20-22)14(25)26)13(24)19-15-18-7-23(21-15)5-8-2-3-9(17)4-11(8)16/h2-4,6-7H,5H2,1H3,(H,25,26)(H,19,21,24). The molecule has 0 atom stereocenters. The molecule has 2 heterocycles. The molecule has 1 aromatic carbocycles. The summed E-state index contributed by atoms with van der Waals surface area (Å²) in [5.41, 5.74) is 0.136. The van der Waals surface area contributed by atoms with Gasteiger partial charge in [-0.1, -0.05) is 17.7 Å². The number of carbonyl (C=O) groups excluding carboxylic acids is 1. The van der Waals surface area contributed by atoms with E-state index in [2.05, 4.69) is 20.5 Å². The lowest BCUT2D eigenvalue weighted by Crippen LogP contribution is -2.16. The molecule has 0 radical (unpaired) electrons. The number of rotatable bonds is 5. The van der Waals surface area contributed by atoms with Crippen molar-refractivity contribution in [1.29, 1.82) is 0 Å². The lowest BCUT2D eigenvalue weighted by molar-refractivity contribution is 0.0685. The second-order valence-corrected chi connectivity index (χ2v) is 5.73. The molecule has 134 valence electrons. The number of carboxylic acid groups (broad SMARTS) is 1. The first-order chi connectivity index (χ1) is 12.3. The third kappa shape index (κ3) is 3.70. The molecule has 3 aromatic rings. The molecule has 0 saturated heterocycles. The zero-order chi connectivity index (χ0) is 18.8. The van der Waals surface area contributed by atoms with Crippen LogP contribution in [0.4, 0.5) is 10.3 Å². The number of carbonyl (C=O) groups is 2. The number of carboxylic acids is 1. The zero-order valence-corrected chi connectivity index (χ0v) is 14.1. The van der Waals surface area contributed by atoms with E-state index in [9.17, 15) is 14.0 Å². The number of hydrogen-bond donors (Lipinski definition) is 2. The number of halogens is 2. The van der Waals surface area contributed by atoms with Crippen molar-refractivity contribution in [3.8, 4) is 0 Å². The quantitative estimate of drug-likeness (QED) is 0.699. The molecule has 3 rings (SSSR count). The van der Waals surface area contributed by atoms with Crippen LogP contribution in [0, 0.1) is 5.82 Å². The number of hydrogen-bond acceptors (Lipinski definition) is 5. The van der Waals surface area contributed by atoms with Crippen LogP contribution >= 0.6 is 11.6 Å². The van der Waals surface area contributed by atoms with Crippen molar-refractivity contribution in [3.63, 3.8) is 0 Å². The van der Waals surface area contributed by atoms with Crippen LogP contribution in [0.25, 0.3) is 0 Å². The molecule has 9 nitrogen and oxygen atoms in total. The van der Waals surface area contributed by atoms with Crippen LogP contribution in [-0.2, 0) is 13.6 Å². The fraction of sp³-hybridized carbons (Fsp3) is 0.133. The summed E-state index contributed by atoms with van der Waals surface area (Å²) in [4.78, 5) is 27.3. The fourth-order valence-corrected chi connectivity index (χ4v) is 2.46. The zero-order valence-electron chi connectivity index (χ0n) is 13.3. The number of benzene rings is 1. The Morgan fingerprint density at radius 2 is 2.12 bits per heavy atom. The SMILES string of the molecule is Cn1cc(C(=O)Nc2ncn(Cc3ccc(F)cc3Cl)n2)c(C(=O)O)n1. The molecule has 0 fully saturated rings. The molecule has 11 heteroatoms. The van der Waals surface area contributed by atoms with Gasteiger partial charge < -0.3 is 5.11 Å². The van der Waals surface area contributed by atoms with Crippen LogP contribution in [0.3, 0.4) is 0 Å². The van der Waals surface area contributed by atoms with Gasteiger partial charge in [0, 0.05) is 18.3 Å². The van der Waals surface area contributed by atoms with E-state index in [0.717, 1.165) is 0 Å². The Kier molecular flexibility index (Phi) is 4.67. The van der Waals surface area contributed by atoms with Gasteiger partial charge >= 0.3 is 5.97 Å². The molecule has 0 aliphatic carbocycles. The number of aryl methyl sites for hydroxylation is 1. The van der Waals surface area contributed by atoms with Gasteiger partial charge in [-0.15, -0.1) is 5.10 Å². The number of nitrogens with zero attached hydrogens (tertiary/aromatic N) is 5. The van der Waals surface area contributed by atoms with Crippen molar-refractivity contribution in [1.82, 2.24) is 24.5 Å². The first-order valence-corrected chi connectivity index (χ1v) is 7.63. The van der Waals surface area contributed by atoms with E-state index < -0.39 is 17.7 Å². The van der Waals surface area contributed by atoms with E-state index in [-0.39, 0.29) is 28.8 Å². The molecule has 0 unspecified atom stereocenters. The molecule has 0 aliphatic heterocycles. The Hall–Kier alpha value is -3.27. The maximum absolute atomic E-state index is 13.1. The normalized spacial score (nSPS) is 10.7. The predicted octanol–water partition coefficient (Wildman–Crippen LogP) is 1.80. The van der Waals surface area contributed by atoms with E-state index in [1.54, 1.807) is 0 Å². The van der Waals surface area contributed by atoms with Crippen molar-refractivity contribution in [2.24, 2.45) is 7.05 Å². The van der Waals surface area contributed by atoms with Gasteiger partial charge in [-0.25, -0.2) is 18.9 Å². The topological polar surface area (TPSA) is 115 Å². The van der Waals surface area contributed by atoms with Gasteiger partial charge in [-0.05, 0) is 17.7 Å². The number of anilines is 1. The average molecular weight is 379 g/mol. The van der Waals surface area contributed by atoms with Gasteiger partial charge in [0.2, 0.25) is 5.95 Å². The molecule has 1 amide bonds. The Labute approximate surface area is 151 Å². The third-order valence-corrected chi connectivity index (χ3v) is 3.74. The molecule has 2 aromatic heterocycles. The van der Waals surface area contributed by atoms with Crippen LogP contribution in [0.1, 0.15) is 26.4 Å². The van der Waals surface area contributed by atoms with Crippen molar-refractivity contribution in [2.45, 2.75) is 6.54 Å². The predicted molar refractivity (Wildman–Crippen MR) is 88.7 cm³/mol. The van der Waals surface area contributed by atoms with Crippen LogP contribution < -0.4 is 5.32 Å². The highest BCUT2D eigenvalue weighted by atomic mass is 35.5. The van der Waals surface area contributed by atoms with Gasteiger partial charge in [0.25, 0.3) is 5.91 Å². The minimum Gasteiger partial charge on any atom is -0.476 e. The first kappa shape index (κ1) is 17.5. The van der Waals surface area contributed by atoms with Gasteiger partial charge in [0.05, 0.1) is 12.1 Å². The van der Waals surface area contributed by atoms with Crippen molar-refractivity contribution >= 4 is 29.4 Å². The highest BCUT2D eigenvalue weighted by Crippen LogP contribution is 2.18. The van der Waals surface area contributed by atoms with E-state index >= 15 is 0 Å². The lowest BCUT2D eigenvalue weighted by atomic mass is 10.2. The Balaban J connectivity index is 1.74. The number of aromatic nitrogens is 5. The molecule has 26 heavy (non-hydrogen) atoms. The summed E-state index contributed by atoms with van der Waals surface area (Å²) in [6, 6.07) is 3.98. The van der Waals surface area contributed by atoms with E-state index in [1.807, 2.05) is 0 Å². The Morgan fingerprint density at radius 3 is 2.81 bits per heavy atom. The summed E-state index contributed by atoms with van der Waals surface area (Å²) in [6.07, 6.45) is 2.64. The van der Waals surface area contributed by atoms with Crippen LogP contribution in [-0.4, -0.2) is 41.5 Å². The summed E-state index contributed by atoms with van der Waals surface area (Å²) < 4.78 is 15.7. The summed E-state index contributed by atoms with van der Waals surface area (Å²) in [7, 11) is 1.50. The molecule has 2 N–H and O–H groups in total. The summed E-state index contributed by atoms with van der Waals surface area (Å²) in [5.74, 6) is -2.49. The fourth-order valence-electron chi connectivity index (χ4n) is 2.23. The number of aromatic carboxylic acids is 1. The van der Waals surface area contributed by atoms with Crippen molar-refractivity contribution in [3.05, 3.63) is 58.4 Å². The highest BCUT2D eigenvalue weighted by Gasteiger charge is 2.22. The molecule has 0 saturated carbocycles. The summed E-state index contributed by atoms with van der Waals surface area (Å²) in [5, 5.41) is 19.5. The Morgan fingerprint density at radius 1 is 1.35 bits per heavy atom. The van der Waals surface area contributed by atoms with Crippen LogP contribution in [0.2, 0.25) is 5.02 Å². The Bertz CT molecular complexity index is 999. The van der Waals surface area contributed by atoms with Crippen LogP contribution in [0.5, 0.6) is 0 Å². The van der Waals surface area contributed by atoms with E-state index in [1.165, 1.54) is 47.1 Å². The monoisotopic (exact) mass is 378 g/mol. The summed E-state index contributed by atoms with van der Waals surface area (Å²) in [6.45, 7) is 0.218. The molecule has 0 aliphatic rings. The maximum atomic E-state index is 13.1. The van der Waals surface area contributed by atoms with Gasteiger partial charge in [0.15, 0.2) is 5.69 Å².